The van der Waals surface area contributed by atoms with Gasteiger partial charge in [-0.3, -0.25) is 0 Å². The molecule has 0 saturated carbocycles. The zero-order valence-electron chi connectivity index (χ0n) is 8.33. The van der Waals surface area contributed by atoms with Gasteiger partial charge in [-0.05, 0) is 30.7 Å². The summed E-state index contributed by atoms with van der Waals surface area (Å²) in [6.07, 6.45) is 4.59. The van der Waals surface area contributed by atoms with Gasteiger partial charge in [-0.2, -0.15) is 0 Å². The SMILES string of the molecule is CCCCn1ccc2cc(Cl)ccc21. The lowest BCUT2D eigenvalue weighted by Gasteiger charge is -2.03. The Kier molecular flexibility index (Phi) is 2.78. The van der Waals surface area contributed by atoms with Crippen molar-refractivity contribution in [2.45, 2.75) is 26.3 Å². The van der Waals surface area contributed by atoms with Crippen molar-refractivity contribution >= 4 is 22.5 Å². The average molecular weight is 208 g/mol. The number of hydrogen-bond acceptors (Lipinski definition) is 0. The van der Waals surface area contributed by atoms with Crippen LogP contribution in [0.5, 0.6) is 0 Å². The third kappa shape index (κ3) is 1.78. The number of hydrogen-bond donors (Lipinski definition) is 0. The van der Waals surface area contributed by atoms with E-state index in [2.05, 4.69) is 29.8 Å². The van der Waals surface area contributed by atoms with Crippen molar-refractivity contribution in [3.05, 3.63) is 35.5 Å². The Morgan fingerprint density at radius 3 is 2.93 bits per heavy atom. The Morgan fingerprint density at radius 2 is 2.14 bits per heavy atom. The molecule has 0 aliphatic heterocycles. The van der Waals surface area contributed by atoms with E-state index in [1.54, 1.807) is 0 Å². The summed E-state index contributed by atoms with van der Waals surface area (Å²) >= 11 is 5.92. The fourth-order valence-corrected chi connectivity index (χ4v) is 1.87. The van der Waals surface area contributed by atoms with E-state index in [9.17, 15) is 0 Å². The number of aromatic nitrogens is 1. The summed E-state index contributed by atoms with van der Waals surface area (Å²) in [4.78, 5) is 0. The van der Waals surface area contributed by atoms with Crippen molar-refractivity contribution in [3.8, 4) is 0 Å². The predicted molar refractivity (Wildman–Crippen MR) is 61.9 cm³/mol. The van der Waals surface area contributed by atoms with Crippen molar-refractivity contribution in [1.82, 2.24) is 4.57 Å². The summed E-state index contributed by atoms with van der Waals surface area (Å²) in [6, 6.07) is 8.18. The second kappa shape index (κ2) is 4.05. The van der Waals surface area contributed by atoms with Crippen LogP contribution in [0.25, 0.3) is 10.9 Å². The van der Waals surface area contributed by atoms with Crippen molar-refractivity contribution in [2.24, 2.45) is 0 Å². The quantitative estimate of drug-likeness (QED) is 0.715. The normalized spacial score (nSPS) is 11.0. The highest BCUT2D eigenvalue weighted by Crippen LogP contribution is 2.20. The van der Waals surface area contributed by atoms with E-state index in [4.69, 9.17) is 11.6 Å². The molecule has 0 bridgehead atoms. The van der Waals surface area contributed by atoms with Gasteiger partial charge in [-0.1, -0.05) is 24.9 Å². The monoisotopic (exact) mass is 207 g/mol. The molecule has 0 fully saturated rings. The fourth-order valence-electron chi connectivity index (χ4n) is 1.69. The Morgan fingerprint density at radius 1 is 1.29 bits per heavy atom. The molecule has 0 unspecified atom stereocenters. The van der Waals surface area contributed by atoms with Gasteiger partial charge in [0.25, 0.3) is 0 Å². The van der Waals surface area contributed by atoms with Gasteiger partial charge >= 0.3 is 0 Å². The molecule has 0 aliphatic rings. The Hall–Kier alpha value is -0.950. The minimum absolute atomic E-state index is 0.811. The summed E-state index contributed by atoms with van der Waals surface area (Å²) in [5.74, 6) is 0. The molecular formula is C12H14ClN. The first kappa shape index (κ1) is 9.60. The molecule has 2 rings (SSSR count). The van der Waals surface area contributed by atoms with Gasteiger partial charge in [-0.15, -0.1) is 0 Å². The summed E-state index contributed by atoms with van der Waals surface area (Å²) in [7, 11) is 0. The maximum Gasteiger partial charge on any atom is 0.0481 e. The van der Waals surface area contributed by atoms with Gasteiger partial charge in [0.05, 0.1) is 0 Å². The standard InChI is InChI=1S/C12H14ClN/c1-2-3-7-14-8-6-10-9-11(13)4-5-12(10)14/h4-6,8-9H,2-3,7H2,1H3. The average Bonchev–Trinajstić information content (AvgIpc) is 2.57. The zero-order valence-corrected chi connectivity index (χ0v) is 9.09. The first-order chi connectivity index (χ1) is 6.81. The molecule has 0 radical (unpaired) electrons. The highest BCUT2D eigenvalue weighted by Gasteiger charge is 2.00. The molecule has 14 heavy (non-hydrogen) atoms. The number of halogens is 1. The van der Waals surface area contributed by atoms with Crippen LogP contribution < -0.4 is 0 Å². The first-order valence-electron chi connectivity index (χ1n) is 5.05. The van der Waals surface area contributed by atoms with E-state index < -0.39 is 0 Å². The Balaban J connectivity index is 2.37. The highest BCUT2D eigenvalue weighted by molar-refractivity contribution is 6.31. The summed E-state index contributed by atoms with van der Waals surface area (Å²) < 4.78 is 2.29. The number of unbranched alkanes of at least 4 members (excludes halogenated alkanes) is 1. The van der Waals surface area contributed by atoms with Gasteiger partial charge in [0, 0.05) is 28.7 Å². The Bertz CT molecular complexity index is 431. The largest absolute Gasteiger partial charge is 0.347 e. The van der Waals surface area contributed by atoms with Gasteiger partial charge in [0.2, 0.25) is 0 Å². The molecule has 0 spiro atoms. The Labute approximate surface area is 89.3 Å². The third-order valence-electron chi connectivity index (χ3n) is 2.49. The van der Waals surface area contributed by atoms with Crippen LogP contribution in [-0.2, 0) is 6.54 Å². The van der Waals surface area contributed by atoms with E-state index in [0.717, 1.165) is 11.6 Å². The molecule has 0 atom stereocenters. The highest BCUT2D eigenvalue weighted by atomic mass is 35.5. The van der Waals surface area contributed by atoms with Gasteiger partial charge < -0.3 is 4.57 Å². The van der Waals surface area contributed by atoms with Gasteiger partial charge in [0.1, 0.15) is 0 Å². The van der Waals surface area contributed by atoms with Crippen LogP contribution in [0.4, 0.5) is 0 Å². The molecule has 1 aromatic heterocycles. The van der Waals surface area contributed by atoms with Crippen LogP contribution in [0, 0.1) is 0 Å². The summed E-state index contributed by atoms with van der Waals surface area (Å²) in [5.41, 5.74) is 1.28. The van der Waals surface area contributed by atoms with Crippen LogP contribution >= 0.6 is 11.6 Å². The van der Waals surface area contributed by atoms with Gasteiger partial charge in [-0.25, -0.2) is 0 Å². The molecule has 1 heterocycles. The van der Waals surface area contributed by atoms with Crippen LogP contribution in [0.2, 0.25) is 5.02 Å². The van der Waals surface area contributed by atoms with Crippen molar-refractivity contribution < 1.29 is 0 Å². The molecule has 74 valence electrons. The van der Waals surface area contributed by atoms with E-state index >= 15 is 0 Å². The predicted octanol–water partition coefficient (Wildman–Crippen LogP) is 4.09. The smallest absolute Gasteiger partial charge is 0.0481 e. The third-order valence-corrected chi connectivity index (χ3v) is 2.72. The zero-order chi connectivity index (χ0) is 9.97. The molecule has 0 saturated heterocycles. The number of aryl methyl sites for hydroxylation is 1. The lowest BCUT2D eigenvalue weighted by Crippen LogP contribution is -1.94. The second-order valence-corrected chi connectivity index (χ2v) is 4.00. The maximum atomic E-state index is 5.92. The van der Waals surface area contributed by atoms with E-state index in [-0.39, 0.29) is 0 Å². The minimum Gasteiger partial charge on any atom is -0.347 e. The summed E-state index contributed by atoms with van der Waals surface area (Å²) in [5, 5.41) is 2.04. The van der Waals surface area contributed by atoms with Crippen molar-refractivity contribution in [2.75, 3.05) is 0 Å². The molecule has 1 aromatic carbocycles. The second-order valence-electron chi connectivity index (χ2n) is 3.57. The number of nitrogens with zero attached hydrogens (tertiary/aromatic N) is 1. The van der Waals surface area contributed by atoms with Crippen LogP contribution in [0.1, 0.15) is 19.8 Å². The van der Waals surface area contributed by atoms with Crippen molar-refractivity contribution in [3.63, 3.8) is 0 Å². The van der Waals surface area contributed by atoms with E-state index in [1.807, 2.05) is 12.1 Å². The van der Waals surface area contributed by atoms with E-state index in [0.29, 0.717) is 0 Å². The minimum atomic E-state index is 0.811. The molecule has 1 nitrogen and oxygen atoms in total. The lowest BCUT2D eigenvalue weighted by atomic mass is 10.2. The van der Waals surface area contributed by atoms with E-state index in [1.165, 1.54) is 23.7 Å². The van der Waals surface area contributed by atoms with Crippen LogP contribution in [-0.4, -0.2) is 4.57 Å². The molecule has 0 N–H and O–H groups in total. The topological polar surface area (TPSA) is 4.93 Å². The number of fused-ring (bicyclic) bond motifs is 1. The van der Waals surface area contributed by atoms with Gasteiger partial charge in [0.15, 0.2) is 0 Å². The van der Waals surface area contributed by atoms with Crippen LogP contribution in [0.15, 0.2) is 30.5 Å². The number of rotatable bonds is 3. The van der Waals surface area contributed by atoms with Crippen molar-refractivity contribution in [1.29, 1.82) is 0 Å². The maximum absolute atomic E-state index is 5.92. The lowest BCUT2D eigenvalue weighted by molar-refractivity contribution is 0.650. The number of benzene rings is 1. The molecular weight excluding hydrogens is 194 g/mol. The molecule has 2 heteroatoms. The molecule has 0 amide bonds. The first-order valence-corrected chi connectivity index (χ1v) is 5.43. The summed E-state index contributed by atoms with van der Waals surface area (Å²) in [6.45, 7) is 3.31. The molecule has 2 aromatic rings. The fraction of sp³-hybridized carbons (Fsp3) is 0.333. The molecule has 0 aliphatic carbocycles. The van der Waals surface area contributed by atoms with Crippen LogP contribution in [0.3, 0.4) is 0 Å².